The van der Waals surface area contributed by atoms with Crippen molar-refractivity contribution in [3.63, 3.8) is 0 Å². The number of nitrogens with zero attached hydrogens (tertiary/aromatic N) is 4. The molecular formula is C18H25N5O2. The molecule has 0 spiro atoms. The van der Waals surface area contributed by atoms with E-state index < -0.39 is 0 Å². The summed E-state index contributed by atoms with van der Waals surface area (Å²) in [6, 6.07) is 2.10. The molecule has 7 nitrogen and oxygen atoms in total. The highest BCUT2D eigenvalue weighted by atomic mass is 16.3. The van der Waals surface area contributed by atoms with Crippen LogP contribution in [0.4, 0.5) is 11.4 Å². The number of carbonyl (C=O) groups excluding carboxylic acids is 1. The molecule has 25 heavy (non-hydrogen) atoms. The summed E-state index contributed by atoms with van der Waals surface area (Å²) < 4.78 is 2.02. The second-order valence-corrected chi connectivity index (χ2v) is 6.61. The Morgan fingerprint density at radius 2 is 2.28 bits per heavy atom. The van der Waals surface area contributed by atoms with E-state index in [2.05, 4.69) is 27.3 Å². The van der Waals surface area contributed by atoms with Crippen molar-refractivity contribution >= 4 is 17.2 Å². The second kappa shape index (κ2) is 7.76. The minimum atomic E-state index is 0.00131. The number of aliphatic hydroxyl groups is 1. The van der Waals surface area contributed by atoms with Crippen molar-refractivity contribution in [3.05, 3.63) is 35.9 Å². The van der Waals surface area contributed by atoms with Crippen LogP contribution in [0.5, 0.6) is 0 Å². The third-order valence-electron chi connectivity index (χ3n) is 4.61. The van der Waals surface area contributed by atoms with Crippen molar-refractivity contribution in [2.75, 3.05) is 32.1 Å². The fourth-order valence-electron chi connectivity index (χ4n) is 3.18. The Kier molecular flexibility index (Phi) is 5.45. The summed E-state index contributed by atoms with van der Waals surface area (Å²) in [6.45, 7) is 4.05. The van der Waals surface area contributed by atoms with Gasteiger partial charge in [-0.05, 0) is 39.4 Å². The maximum atomic E-state index is 12.3. The molecule has 0 radical (unpaired) electrons. The molecule has 2 aromatic heterocycles. The molecule has 1 aliphatic rings. The SMILES string of the molecule is Cc1nn([C@H]2CCN(C)C2)cc1Nc1cnccc1C(=O)CCCO. The summed E-state index contributed by atoms with van der Waals surface area (Å²) in [5.41, 5.74) is 3.05. The van der Waals surface area contributed by atoms with Gasteiger partial charge in [0, 0.05) is 37.5 Å². The van der Waals surface area contributed by atoms with Gasteiger partial charge in [-0.1, -0.05) is 0 Å². The number of aromatic nitrogens is 3. The number of Topliss-reactive ketones (excluding diaryl/α,β-unsaturated/α-hetero) is 1. The van der Waals surface area contributed by atoms with Gasteiger partial charge in [-0.2, -0.15) is 5.10 Å². The number of likely N-dealkylation sites (N-methyl/N-ethyl adjacent to an activating group) is 1. The maximum Gasteiger partial charge on any atom is 0.165 e. The number of carbonyl (C=O) groups is 1. The van der Waals surface area contributed by atoms with Gasteiger partial charge in [0.2, 0.25) is 0 Å². The van der Waals surface area contributed by atoms with Gasteiger partial charge in [-0.15, -0.1) is 0 Å². The normalized spacial score (nSPS) is 17.8. The van der Waals surface area contributed by atoms with Crippen molar-refractivity contribution in [1.29, 1.82) is 0 Å². The molecule has 0 amide bonds. The zero-order valence-electron chi connectivity index (χ0n) is 14.8. The summed E-state index contributed by atoms with van der Waals surface area (Å²) in [6.07, 6.45) is 7.16. The number of pyridine rings is 1. The van der Waals surface area contributed by atoms with E-state index in [4.69, 9.17) is 5.11 Å². The molecule has 3 rings (SSSR count). The van der Waals surface area contributed by atoms with Gasteiger partial charge in [0.05, 0.1) is 29.3 Å². The number of rotatable bonds is 7. The van der Waals surface area contributed by atoms with Crippen LogP contribution in [-0.4, -0.2) is 57.3 Å². The molecule has 0 aliphatic carbocycles. The lowest BCUT2D eigenvalue weighted by atomic mass is 10.1. The van der Waals surface area contributed by atoms with Crippen LogP contribution in [0.25, 0.3) is 0 Å². The lowest BCUT2D eigenvalue weighted by molar-refractivity contribution is 0.0972. The maximum absolute atomic E-state index is 12.3. The number of aryl methyl sites for hydroxylation is 1. The first-order valence-electron chi connectivity index (χ1n) is 8.68. The standard InChI is InChI=1S/C18H25N5O2/c1-13-17(12-23(21-13)14-6-8-22(2)11-14)20-16-10-19-7-5-15(16)18(25)4-3-9-24/h5,7,10,12,14,20,24H,3-4,6,8-9,11H2,1-2H3/t14-/m0/s1. The summed E-state index contributed by atoms with van der Waals surface area (Å²) in [5.74, 6) is 0.00131. The summed E-state index contributed by atoms with van der Waals surface area (Å²) in [4.78, 5) is 18.8. The van der Waals surface area contributed by atoms with Gasteiger partial charge in [0.15, 0.2) is 5.78 Å². The number of hydrogen-bond acceptors (Lipinski definition) is 6. The van der Waals surface area contributed by atoms with E-state index in [0.29, 0.717) is 30.1 Å². The third kappa shape index (κ3) is 4.05. The predicted octanol–water partition coefficient (Wildman–Crippen LogP) is 2.16. The molecule has 3 heterocycles. The quantitative estimate of drug-likeness (QED) is 0.750. The van der Waals surface area contributed by atoms with Crippen LogP contribution in [0.3, 0.4) is 0 Å². The molecule has 0 unspecified atom stereocenters. The van der Waals surface area contributed by atoms with E-state index in [-0.39, 0.29) is 12.4 Å². The van der Waals surface area contributed by atoms with Crippen LogP contribution >= 0.6 is 0 Å². The molecule has 0 aromatic carbocycles. The fraction of sp³-hybridized carbons (Fsp3) is 0.500. The summed E-state index contributed by atoms with van der Waals surface area (Å²) >= 11 is 0. The van der Waals surface area contributed by atoms with Crippen LogP contribution in [-0.2, 0) is 0 Å². The van der Waals surface area contributed by atoms with E-state index in [1.54, 1.807) is 18.5 Å². The predicted molar refractivity (Wildman–Crippen MR) is 96.3 cm³/mol. The molecule has 2 N–H and O–H groups in total. The third-order valence-corrected chi connectivity index (χ3v) is 4.61. The highest BCUT2D eigenvalue weighted by molar-refractivity contribution is 6.01. The summed E-state index contributed by atoms with van der Waals surface area (Å²) in [5, 5.41) is 16.9. The van der Waals surface area contributed by atoms with Crippen molar-refractivity contribution in [1.82, 2.24) is 19.7 Å². The topological polar surface area (TPSA) is 83.3 Å². The van der Waals surface area contributed by atoms with Gasteiger partial charge in [-0.3, -0.25) is 14.5 Å². The number of likely N-dealkylation sites (tertiary alicyclic amines) is 1. The van der Waals surface area contributed by atoms with E-state index in [9.17, 15) is 4.79 Å². The monoisotopic (exact) mass is 343 g/mol. The molecule has 1 saturated heterocycles. The van der Waals surface area contributed by atoms with Crippen LogP contribution in [0.1, 0.15) is 41.4 Å². The molecule has 134 valence electrons. The second-order valence-electron chi connectivity index (χ2n) is 6.61. The molecule has 0 saturated carbocycles. The zero-order chi connectivity index (χ0) is 17.8. The zero-order valence-corrected chi connectivity index (χ0v) is 14.8. The van der Waals surface area contributed by atoms with E-state index in [1.165, 1.54) is 0 Å². The Balaban J connectivity index is 1.79. The molecule has 2 aromatic rings. The van der Waals surface area contributed by atoms with Crippen LogP contribution in [0.15, 0.2) is 24.7 Å². The number of anilines is 2. The van der Waals surface area contributed by atoms with Crippen molar-refractivity contribution in [3.8, 4) is 0 Å². The van der Waals surface area contributed by atoms with E-state index in [1.807, 2.05) is 17.8 Å². The first kappa shape index (κ1) is 17.6. The highest BCUT2D eigenvalue weighted by Crippen LogP contribution is 2.27. The van der Waals surface area contributed by atoms with Crippen LogP contribution in [0, 0.1) is 6.92 Å². The lowest BCUT2D eigenvalue weighted by Crippen LogP contribution is -2.16. The van der Waals surface area contributed by atoms with Gasteiger partial charge in [0.1, 0.15) is 0 Å². The van der Waals surface area contributed by atoms with Gasteiger partial charge in [-0.25, -0.2) is 0 Å². The first-order valence-corrected chi connectivity index (χ1v) is 8.68. The van der Waals surface area contributed by atoms with Gasteiger partial charge >= 0.3 is 0 Å². The van der Waals surface area contributed by atoms with Crippen molar-refractivity contribution in [2.45, 2.75) is 32.2 Å². The molecule has 0 bridgehead atoms. The minimum absolute atomic E-state index is 0.00131. The Morgan fingerprint density at radius 1 is 1.44 bits per heavy atom. The number of hydrogen-bond donors (Lipinski definition) is 2. The van der Waals surface area contributed by atoms with Gasteiger partial charge in [0.25, 0.3) is 0 Å². The lowest BCUT2D eigenvalue weighted by Gasteiger charge is -2.11. The molecule has 7 heteroatoms. The Morgan fingerprint density at radius 3 is 3.00 bits per heavy atom. The Bertz CT molecular complexity index is 743. The largest absolute Gasteiger partial charge is 0.396 e. The number of ketones is 1. The fourth-order valence-corrected chi connectivity index (χ4v) is 3.18. The van der Waals surface area contributed by atoms with Crippen LogP contribution in [0.2, 0.25) is 0 Å². The Hall–Kier alpha value is -2.25. The summed E-state index contributed by atoms with van der Waals surface area (Å²) in [7, 11) is 2.12. The smallest absolute Gasteiger partial charge is 0.165 e. The van der Waals surface area contributed by atoms with E-state index in [0.717, 1.165) is 30.9 Å². The van der Waals surface area contributed by atoms with Crippen LogP contribution < -0.4 is 5.32 Å². The number of aliphatic hydroxyl groups excluding tert-OH is 1. The molecule has 1 fully saturated rings. The van der Waals surface area contributed by atoms with Gasteiger partial charge < -0.3 is 15.3 Å². The number of nitrogens with one attached hydrogen (secondary N) is 1. The average Bonchev–Trinajstić information content (AvgIpc) is 3.19. The average molecular weight is 343 g/mol. The highest BCUT2D eigenvalue weighted by Gasteiger charge is 2.23. The molecule has 1 atom stereocenters. The minimum Gasteiger partial charge on any atom is -0.396 e. The first-order chi connectivity index (χ1) is 12.1. The van der Waals surface area contributed by atoms with Crippen molar-refractivity contribution < 1.29 is 9.90 Å². The Labute approximate surface area is 147 Å². The molecular weight excluding hydrogens is 318 g/mol. The molecule has 1 aliphatic heterocycles. The van der Waals surface area contributed by atoms with E-state index >= 15 is 0 Å². The van der Waals surface area contributed by atoms with Crippen molar-refractivity contribution in [2.24, 2.45) is 0 Å².